The predicted molar refractivity (Wildman–Crippen MR) is 44.0 cm³/mol. The first-order valence-corrected chi connectivity index (χ1v) is 3.65. The van der Waals surface area contributed by atoms with Crippen LogP contribution in [0.1, 0.15) is 19.3 Å². The zero-order valence-electron chi connectivity index (χ0n) is 6.12. The standard InChI is InChI=1S/C7H10O3.H2S/c8-7(9)5-3-4-1-2-6(5)10-4;/h4-6H,1-3H2,(H,8,9);1H2. The normalized spacial score (nSPS) is 40.2. The van der Waals surface area contributed by atoms with Gasteiger partial charge in [0.1, 0.15) is 0 Å². The number of rotatable bonds is 1. The van der Waals surface area contributed by atoms with Crippen LogP contribution >= 0.6 is 13.5 Å². The third-order valence-corrected chi connectivity index (χ3v) is 2.42. The highest BCUT2D eigenvalue weighted by molar-refractivity contribution is 7.59. The molecule has 0 aromatic heterocycles. The lowest BCUT2D eigenvalue weighted by Crippen LogP contribution is -2.24. The molecular formula is C7H12O3S. The number of fused-ring (bicyclic) bond motifs is 2. The van der Waals surface area contributed by atoms with Crippen molar-refractivity contribution in [2.24, 2.45) is 5.92 Å². The van der Waals surface area contributed by atoms with Crippen LogP contribution in [-0.2, 0) is 9.53 Å². The molecule has 0 amide bonds. The van der Waals surface area contributed by atoms with E-state index in [1.54, 1.807) is 0 Å². The van der Waals surface area contributed by atoms with Crippen LogP contribution in [0.3, 0.4) is 0 Å². The van der Waals surface area contributed by atoms with Gasteiger partial charge in [0, 0.05) is 0 Å². The van der Waals surface area contributed by atoms with Gasteiger partial charge in [0.05, 0.1) is 18.1 Å². The van der Waals surface area contributed by atoms with Gasteiger partial charge < -0.3 is 9.84 Å². The quantitative estimate of drug-likeness (QED) is 0.641. The molecular weight excluding hydrogens is 164 g/mol. The fourth-order valence-electron chi connectivity index (χ4n) is 1.90. The maximum atomic E-state index is 10.5. The summed E-state index contributed by atoms with van der Waals surface area (Å²) in [4.78, 5) is 10.5. The van der Waals surface area contributed by atoms with Crippen molar-refractivity contribution in [3.8, 4) is 0 Å². The van der Waals surface area contributed by atoms with Gasteiger partial charge in [0.25, 0.3) is 0 Å². The Kier molecular flexibility index (Phi) is 2.44. The van der Waals surface area contributed by atoms with Crippen molar-refractivity contribution in [2.75, 3.05) is 0 Å². The molecule has 0 aromatic carbocycles. The van der Waals surface area contributed by atoms with Crippen LogP contribution in [0.5, 0.6) is 0 Å². The first kappa shape index (κ1) is 8.87. The molecule has 2 rings (SSSR count). The monoisotopic (exact) mass is 176 g/mol. The van der Waals surface area contributed by atoms with E-state index in [1.165, 1.54) is 0 Å². The zero-order valence-corrected chi connectivity index (χ0v) is 7.12. The van der Waals surface area contributed by atoms with Crippen LogP contribution in [0.25, 0.3) is 0 Å². The van der Waals surface area contributed by atoms with Crippen LogP contribution in [0.4, 0.5) is 0 Å². The summed E-state index contributed by atoms with van der Waals surface area (Å²) in [5.74, 6) is -0.897. The minimum Gasteiger partial charge on any atom is -0.481 e. The van der Waals surface area contributed by atoms with E-state index in [0.29, 0.717) is 0 Å². The molecule has 2 heterocycles. The molecule has 0 aromatic rings. The average molecular weight is 176 g/mol. The number of carbonyl (C=O) groups is 1. The Labute approximate surface area is 72.2 Å². The van der Waals surface area contributed by atoms with E-state index in [1.807, 2.05) is 0 Å². The second-order valence-electron chi connectivity index (χ2n) is 3.05. The number of hydrogen-bond acceptors (Lipinski definition) is 2. The summed E-state index contributed by atoms with van der Waals surface area (Å²) in [6, 6.07) is 0. The van der Waals surface area contributed by atoms with Crippen molar-refractivity contribution in [1.82, 2.24) is 0 Å². The molecule has 0 spiro atoms. The number of aliphatic carboxylic acids is 1. The summed E-state index contributed by atoms with van der Waals surface area (Å²) in [6.07, 6.45) is 3.03. The highest BCUT2D eigenvalue weighted by atomic mass is 32.1. The average Bonchev–Trinajstić information content (AvgIpc) is 2.44. The molecule has 2 bridgehead atoms. The number of hydrogen-bond donors (Lipinski definition) is 1. The molecule has 0 radical (unpaired) electrons. The smallest absolute Gasteiger partial charge is 0.309 e. The SMILES string of the molecule is O=C(O)C1CC2CCC1O2.S. The lowest BCUT2D eigenvalue weighted by Gasteiger charge is -2.12. The van der Waals surface area contributed by atoms with Crippen molar-refractivity contribution in [2.45, 2.75) is 31.5 Å². The fraction of sp³-hybridized carbons (Fsp3) is 0.857. The summed E-state index contributed by atoms with van der Waals surface area (Å²) in [5.41, 5.74) is 0. The number of carboxylic acid groups (broad SMARTS) is 1. The number of carboxylic acids is 1. The van der Waals surface area contributed by atoms with Crippen molar-refractivity contribution < 1.29 is 14.6 Å². The zero-order chi connectivity index (χ0) is 7.14. The molecule has 64 valence electrons. The van der Waals surface area contributed by atoms with E-state index in [0.717, 1.165) is 19.3 Å². The Morgan fingerprint density at radius 2 is 2.18 bits per heavy atom. The summed E-state index contributed by atoms with van der Waals surface area (Å²) in [6.45, 7) is 0. The first-order valence-electron chi connectivity index (χ1n) is 3.65. The molecule has 2 saturated heterocycles. The van der Waals surface area contributed by atoms with E-state index in [-0.39, 0.29) is 31.6 Å². The maximum absolute atomic E-state index is 10.5. The van der Waals surface area contributed by atoms with Gasteiger partial charge in [-0.15, -0.1) is 0 Å². The van der Waals surface area contributed by atoms with Gasteiger partial charge in [-0.25, -0.2) is 0 Å². The van der Waals surface area contributed by atoms with Gasteiger partial charge in [-0.2, -0.15) is 13.5 Å². The largest absolute Gasteiger partial charge is 0.481 e. The topological polar surface area (TPSA) is 46.5 Å². The van der Waals surface area contributed by atoms with Crippen LogP contribution < -0.4 is 0 Å². The van der Waals surface area contributed by atoms with Crippen molar-refractivity contribution in [3.63, 3.8) is 0 Å². The van der Waals surface area contributed by atoms with Gasteiger partial charge in [-0.3, -0.25) is 4.79 Å². The molecule has 3 nitrogen and oxygen atoms in total. The molecule has 0 saturated carbocycles. The van der Waals surface area contributed by atoms with Crippen molar-refractivity contribution in [3.05, 3.63) is 0 Å². The highest BCUT2D eigenvalue weighted by Crippen LogP contribution is 2.38. The fourth-order valence-corrected chi connectivity index (χ4v) is 1.90. The second-order valence-corrected chi connectivity index (χ2v) is 3.05. The minimum absolute atomic E-state index is 0. The Hall–Kier alpha value is -0.220. The molecule has 0 aliphatic carbocycles. The summed E-state index contributed by atoms with van der Waals surface area (Å²) in [5, 5.41) is 8.66. The van der Waals surface area contributed by atoms with E-state index < -0.39 is 5.97 Å². The van der Waals surface area contributed by atoms with Crippen LogP contribution in [0.15, 0.2) is 0 Å². The predicted octanol–water partition coefficient (Wildman–Crippen LogP) is 0.751. The van der Waals surface area contributed by atoms with Gasteiger partial charge in [-0.05, 0) is 19.3 Å². The van der Waals surface area contributed by atoms with E-state index in [4.69, 9.17) is 9.84 Å². The van der Waals surface area contributed by atoms with Crippen LogP contribution in [-0.4, -0.2) is 23.3 Å². The second kappa shape index (κ2) is 3.03. The Morgan fingerprint density at radius 3 is 2.45 bits per heavy atom. The molecule has 2 aliphatic heterocycles. The summed E-state index contributed by atoms with van der Waals surface area (Å²) >= 11 is 0. The number of ether oxygens (including phenoxy) is 1. The van der Waals surface area contributed by atoms with E-state index in [9.17, 15) is 4.79 Å². The molecule has 11 heavy (non-hydrogen) atoms. The highest BCUT2D eigenvalue weighted by Gasteiger charge is 2.44. The van der Waals surface area contributed by atoms with E-state index >= 15 is 0 Å². The summed E-state index contributed by atoms with van der Waals surface area (Å²) < 4.78 is 5.37. The summed E-state index contributed by atoms with van der Waals surface area (Å²) in [7, 11) is 0. The Morgan fingerprint density at radius 1 is 1.45 bits per heavy atom. The molecule has 4 heteroatoms. The molecule has 2 fully saturated rings. The van der Waals surface area contributed by atoms with Crippen molar-refractivity contribution >= 4 is 19.5 Å². The van der Waals surface area contributed by atoms with Crippen LogP contribution in [0, 0.1) is 5.92 Å². The first-order chi connectivity index (χ1) is 4.77. The molecule has 2 aliphatic rings. The third-order valence-electron chi connectivity index (χ3n) is 2.42. The maximum Gasteiger partial charge on any atom is 0.309 e. The molecule has 3 atom stereocenters. The molecule has 3 unspecified atom stereocenters. The van der Waals surface area contributed by atoms with Gasteiger partial charge in [0.15, 0.2) is 0 Å². The molecule has 1 N–H and O–H groups in total. The van der Waals surface area contributed by atoms with E-state index in [2.05, 4.69) is 0 Å². The lowest BCUT2D eigenvalue weighted by atomic mass is 9.89. The van der Waals surface area contributed by atoms with Gasteiger partial charge >= 0.3 is 5.97 Å². The van der Waals surface area contributed by atoms with Crippen molar-refractivity contribution in [1.29, 1.82) is 0 Å². The van der Waals surface area contributed by atoms with Gasteiger partial charge in [-0.1, -0.05) is 0 Å². The minimum atomic E-state index is -0.688. The lowest BCUT2D eigenvalue weighted by molar-refractivity contribution is -0.143. The van der Waals surface area contributed by atoms with Crippen LogP contribution in [0.2, 0.25) is 0 Å². The Balaban J connectivity index is 0.000000605. The Bertz CT molecular complexity index is 171. The third kappa shape index (κ3) is 1.37. The van der Waals surface area contributed by atoms with Gasteiger partial charge in [0.2, 0.25) is 0 Å².